The van der Waals surface area contributed by atoms with Crippen molar-refractivity contribution in [2.75, 3.05) is 52.9 Å². The molecule has 0 fully saturated rings. The molecule has 14 aromatic rings. The van der Waals surface area contributed by atoms with Gasteiger partial charge >= 0.3 is 0 Å². The van der Waals surface area contributed by atoms with E-state index >= 15 is 0 Å². The van der Waals surface area contributed by atoms with Gasteiger partial charge in [-0.05, 0) is 207 Å². The Labute approximate surface area is 694 Å². The Bertz CT molecular complexity index is 6250. The second kappa shape index (κ2) is 35.0. The molecule has 20 bridgehead atoms. The van der Waals surface area contributed by atoms with Gasteiger partial charge in [0.1, 0.15) is 11.6 Å². The summed E-state index contributed by atoms with van der Waals surface area (Å²) < 4.78 is 29.7. The third kappa shape index (κ3) is 16.3. The van der Waals surface area contributed by atoms with Gasteiger partial charge in [0.2, 0.25) is 0 Å². The number of imidazole rings is 2. The highest BCUT2D eigenvalue weighted by Crippen LogP contribution is 2.40. The van der Waals surface area contributed by atoms with Gasteiger partial charge in [0.15, 0.2) is 0 Å². The molecule has 20 rings (SSSR count). The van der Waals surface area contributed by atoms with E-state index in [0.29, 0.717) is 78.5 Å². The van der Waals surface area contributed by atoms with Crippen molar-refractivity contribution < 1.29 is 18.9 Å². The summed E-state index contributed by atoms with van der Waals surface area (Å²) in [5, 5.41) is 0. The lowest BCUT2D eigenvalue weighted by Gasteiger charge is -2.08. The maximum Gasteiger partial charge on any atom is 0.143 e. The first-order valence-electron chi connectivity index (χ1n) is 41.1. The second-order valence-electron chi connectivity index (χ2n) is 30.2. The molecule has 0 saturated heterocycles. The van der Waals surface area contributed by atoms with E-state index < -0.39 is 0 Å². The third-order valence-corrected chi connectivity index (χ3v) is 22.5. The lowest BCUT2D eigenvalue weighted by molar-refractivity contribution is 0.151. The molecule has 0 radical (unpaired) electrons. The van der Waals surface area contributed by atoms with E-state index in [9.17, 15) is 0 Å². The Morgan fingerprint density at radius 2 is 0.558 bits per heavy atom. The summed E-state index contributed by atoms with van der Waals surface area (Å²) in [7, 11) is 4.05. The van der Waals surface area contributed by atoms with E-state index in [4.69, 9.17) is 58.8 Å². The molecular formula is C100H88N16O4. The highest BCUT2D eigenvalue weighted by molar-refractivity contribution is 5.97. The summed E-state index contributed by atoms with van der Waals surface area (Å²) >= 11 is 0. The normalized spacial score (nSPS) is 15.1. The van der Waals surface area contributed by atoms with Crippen LogP contribution < -0.4 is 0 Å². The van der Waals surface area contributed by atoms with Crippen molar-refractivity contribution in [1.82, 2.24) is 78.9 Å². The number of H-pyrrole nitrogens is 4. The van der Waals surface area contributed by atoms with Crippen molar-refractivity contribution in [1.29, 1.82) is 0 Å². The maximum atomic E-state index is 6.40. The average Bonchev–Trinajstić information content (AvgIpc) is 1.62. The molecule has 0 atom stereocenters. The highest BCUT2D eigenvalue weighted by atomic mass is 16.5. The Balaban J connectivity index is 0.652. The fourth-order valence-corrected chi connectivity index (χ4v) is 16.4. The van der Waals surface area contributed by atoms with Crippen LogP contribution >= 0.6 is 0 Å². The zero-order valence-corrected chi connectivity index (χ0v) is 66.9. The summed E-state index contributed by atoms with van der Waals surface area (Å²) in [4.78, 5) is 66.4. The van der Waals surface area contributed by atoms with E-state index in [-0.39, 0.29) is 0 Å². The average molecular weight is 1580 g/mol. The van der Waals surface area contributed by atoms with Crippen LogP contribution in [0.15, 0.2) is 232 Å². The number of nitrogens with one attached hydrogen (secondary N) is 4. The third-order valence-electron chi connectivity index (χ3n) is 22.5. The first kappa shape index (κ1) is 76.0. The zero-order chi connectivity index (χ0) is 80.5. The first-order valence-corrected chi connectivity index (χ1v) is 41.1. The minimum atomic E-state index is 0.435. The number of aryl methyl sites for hydroxylation is 6. The van der Waals surface area contributed by atoms with E-state index in [1.807, 2.05) is 109 Å². The number of aromatic nitrogens is 16. The van der Waals surface area contributed by atoms with Gasteiger partial charge in [-0.2, -0.15) is 0 Å². The lowest BCUT2D eigenvalue weighted by atomic mass is 9.99. The Morgan fingerprint density at radius 3 is 0.858 bits per heavy atom. The highest BCUT2D eigenvalue weighted by Gasteiger charge is 2.24. The molecule has 120 heavy (non-hydrogen) atoms. The van der Waals surface area contributed by atoms with Crippen LogP contribution in [0.1, 0.15) is 93.5 Å². The van der Waals surface area contributed by atoms with Crippen LogP contribution in [0.2, 0.25) is 0 Å². The number of ether oxygens (including phenoxy) is 4. The molecule has 20 heteroatoms. The molecule has 0 unspecified atom stereocenters. The van der Waals surface area contributed by atoms with E-state index in [1.165, 1.54) is 0 Å². The summed E-state index contributed by atoms with van der Waals surface area (Å²) in [5.41, 5.74) is 31.7. The molecule has 0 saturated carbocycles. The van der Waals surface area contributed by atoms with Gasteiger partial charge in [-0.25, -0.2) is 29.9 Å². The zero-order valence-electron chi connectivity index (χ0n) is 66.9. The Hall–Kier alpha value is -14.0. The molecule has 0 spiro atoms. The number of benzene rings is 2. The van der Waals surface area contributed by atoms with E-state index in [2.05, 4.69) is 212 Å². The smallest absolute Gasteiger partial charge is 0.143 e. The number of nitrogens with zero attached hydrogens (tertiary/aromatic N) is 12. The predicted molar refractivity (Wildman–Crippen MR) is 481 cm³/mol. The predicted octanol–water partition coefficient (Wildman–Crippen LogP) is 20.6. The van der Waals surface area contributed by atoms with Crippen molar-refractivity contribution in [2.45, 2.75) is 51.4 Å². The van der Waals surface area contributed by atoms with Crippen LogP contribution in [0.5, 0.6) is 0 Å². The first-order chi connectivity index (χ1) is 59.3. The topological polar surface area (TPSA) is 239 Å². The minimum absolute atomic E-state index is 0.435. The summed E-state index contributed by atoms with van der Waals surface area (Å²) in [6.45, 7) is 3.83. The number of rotatable bonds is 8. The van der Waals surface area contributed by atoms with Gasteiger partial charge in [0.05, 0.1) is 117 Å². The molecule has 4 N–H and O–H groups in total. The molecule has 0 aliphatic carbocycles. The molecule has 6 aliphatic heterocycles. The summed E-state index contributed by atoms with van der Waals surface area (Å²) in [5.74, 6) is 1.59. The van der Waals surface area contributed by atoms with Gasteiger partial charge in [-0.15, -0.1) is 0 Å². The number of pyridine rings is 4. The van der Waals surface area contributed by atoms with Crippen LogP contribution in [0, 0.1) is 0 Å². The van der Waals surface area contributed by atoms with Crippen LogP contribution in [0.4, 0.5) is 0 Å². The monoisotopic (exact) mass is 1580 g/mol. The minimum Gasteiger partial charge on any atom is -0.377 e. The van der Waals surface area contributed by atoms with Crippen molar-refractivity contribution in [3.63, 3.8) is 0 Å². The van der Waals surface area contributed by atoms with Crippen LogP contribution in [0.3, 0.4) is 0 Å². The Kier molecular flexibility index (Phi) is 22.2. The van der Waals surface area contributed by atoms with Gasteiger partial charge < -0.3 is 48.0 Å². The molecule has 2 aromatic carbocycles. The lowest BCUT2D eigenvalue weighted by Crippen LogP contribution is -2.01. The maximum absolute atomic E-state index is 6.40. The van der Waals surface area contributed by atoms with E-state index in [1.54, 1.807) is 12.4 Å². The van der Waals surface area contributed by atoms with Crippen molar-refractivity contribution >= 4 is 92.7 Å². The van der Waals surface area contributed by atoms with Crippen LogP contribution in [-0.2, 0) is 58.7 Å². The van der Waals surface area contributed by atoms with Gasteiger partial charge in [-0.1, -0.05) is 97.1 Å². The number of fused-ring (bicyclic) bond motifs is 24. The SMILES string of the molecule is Cn1ccnc1-c1c2nc(c3c4ccc([nH]4)c(-c4ccc(-c5ccc(-c6ccccn6)nc5)cc4)c4nc(c(c5ccc1[nH]5)CCCOC/C=C/COCCCc1c5nc(c(-c6nccn6C)c6ccc([nH]6)c(c6nc(c(-c7ccc(-c8ccc(-c9ccccn9)nc8)cc7)c7ccc1[nH]7)C=C6)CCCOC/C=C/COCCC3)C=C5)C=C4)C=C2. The van der Waals surface area contributed by atoms with E-state index in [0.717, 1.165) is 228 Å². The fourth-order valence-electron chi connectivity index (χ4n) is 16.4. The number of hydrogen-bond donors (Lipinski definition) is 4. The molecule has 20 nitrogen and oxygen atoms in total. The van der Waals surface area contributed by atoms with Crippen LogP contribution in [-0.4, -0.2) is 132 Å². The number of hydrogen-bond acceptors (Lipinski definition) is 14. The van der Waals surface area contributed by atoms with Crippen LogP contribution in [0.25, 0.3) is 183 Å². The Morgan fingerprint density at radius 1 is 0.267 bits per heavy atom. The summed E-state index contributed by atoms with van der Waals surface area (Å²) in [6, 6.07) is 54.7. The van der Waals surface area contributed by atoms with Crippen molar-refractivity contribution in [3.8, 4) is 90.1 Å². The fraction of sp³-hybridized carbons (Fsp3) is 0.180. The molecule has 0 amide bonds. The van der Waals surface area contributed by atoms with Gasteiger partial charge in [0.25, 0.3) is 0 Å². The summed E-state index contributed by atoms with van der Waals surface area (Å²) in [6.07, 6.45) is 46.0. The molecular weight excluding hydrogens is 1490 g/mol. The van der Waals surface area contributed by atoms with Gasteiger partial charge in [0, 0.05) is 168 Å². The van der Waals surface area contributed by atoms with Gasteiger partial charge in [-0.3, -0.25) is 19.9 Å². The van der Waals surface area contributed by atoms with Crippen molar-refractivity contribution in [3.05, 3.63) is 299 Å². The molecule has 12 aromatic heterocycles. The second-order valence-corrected chi connectivity index (χ2v) is 30.2. The molecule has 592 valence electrons. The quantitative estimate of drug-likeness (QED) is 0.104. The molecule has 6 aliphatic rings. The molecule has 18 heterocycles. The number of aromatic amines is 4. The van der Waals surface area contributed by atoms with Crippen molar-refractivity contribution in [2.24, 2.45) is 14.1 Å². The standard InChI is InChI=1S/C100H88N16O4/c1-115-53-51-103-99(115)97-91-45-37-79(111-91)71-15-11-59-117-55-7-9-57-119-61-13-17-73-77-35-43-89(109-77)96(68-27-23-66(24-28-68)70-30-32-86(106-64-70)84-20-4-6-50-102-84)90-44-36-78(110-90)74(82-40-48-94(114-82)98(93-47-39-81(73)113-93)100-104-52-54-116(100)2)18-14-62-120-58-10-8-56-118-60-12-16-72(80-38-46-92(97)112-80)76-34-42-88(108-76)95(87-41-33-75(71)107-87)67-25-21-65(22-26-67)69-29-31-85(105-63-69)83-19-3-5-49-101-83/h3-10,19-54,63-64,107,110,112-113H,11-18,55-62H2,1-2H3/b9-7+,10-8+,75-71?,76-72?,77-73?,78-74?,79-71?,80-72?,81-73?,82-74?,95-87?,95-88?,96-89?,96-90?,97-91?,97-92?,98-93?,98-94?. The largest absolute Gasteiger partial charge is 0.377 e.